The van der Waals surface area contributed by atoms with E-state index in [1.165, 1.54) is 0 Å². The molecule has 1 saturated heterocycles. The quantitative estimate of drug-likeness (QED) is 0.871. The third kappa shape index (κ3) is 2.59. The minimum Gasteiger partial charge on any atom is -0.323 e. The van der Waals surface area contributed by atoms with Gasteiger partial charge in [-0.15, -0.1) is 0 Å². The van der Waals surface area contributed by atoms with Crippen molar-refractivity contribution in [2.75, 3.05) is 11.9 Å². The van der Waals surface area contributed by atoms with Gasteiger partial charge in [0.15, 0.2) is 0 Å². The second-order valence-corrected chi connectivity index (χ2v) is 4.84. The molecule has 0 saturated carbocycles. The lowest BCUT2D eigenvalue weighted by Crippen LogP contribution is -2.35. The number of rotatable bonds is 2. The number of hydrogen-bond donors (Lipinski definition) is 2. The van der Waals surface area contributed by atoms with Crippen molar-refractivity contribution in [3.05, 3.63) is 22.4 Å². The van der Waals surface area contributed by atoms with E-state index in [0.29, 0.717) is 0 Å². The van der Waals surface area contributed by atoms with E-state index in [1.54, 1.807) is 6.20 Å². The number of nitrogens with zero attached hydrogens (tertiary/aromatic N) is 1. The molecule has 5 heteroatoms. The Balaban J connectivity index is 2.07. The van der Waals surface area contributed by atoms with Gasteiger partial charge >= 0.3 is 0 Å². The summed E-state index contributed by atoms with van der Waals surface area (Å²) in [6, 6.07) is 1.81. The van der Waals surface area contributed by atoms with Crippen molar-refractivity contribution in [3.8, 4) is 0 Å². The maximum atomic E-state index is 11.9. The number of carbonyl (C=O) groups excluding carboxylic acids is 1. The Hall–Kier alpha value is -0.940. The summed E-state index contributed by atoms with van der Waals surface area (Å²) in [5.41, 5.74) is 1.60. The molecule has 1 aliphatic heterocycles. The molecular weight excluding hydrogens is 270 g/mol. The Morgan fingerprint density at radius 1 is 1.69 bits per heavy atom. The van der Waals surface area contributed by atoms with Gasteiger partial charge < -0.3 is 10.6 Å². The molecule has 1 aromatic rings. The SMILES string of the molecule is Cc1ncc(Br)cc1NC(=O)[C@@H]1CCCN1. The lowest BCUT2D eigenvalue weighted by Gasteiger charge is -2.12. The zero-order chi connectivity index (χ0) is 11.5. The molecule has 1 aromatic heterocycles. The van der Waals surface area contributed by atoms with E-state index in [9.17, 15) is 4.79 Å². The first kappa shape index (κ1) is 11.5. The molecule has 0 aliphatic carbocycles. The van der Waals surface area contributed by atoms with E-state index >= 15 is 0 Å². The molecule has 0 bridgehead atoms. The summed E-state index contributed by atoms with van der Waals surface area (Å²) in [6.45, 7) is 2.80. The summed E-state index contributed by atoms with van der Waals surface area (Å²) < 4.78 is 0.868. The standard InChI is InChI=1S/C11H14BrN3O/c1-7-10(5-8(12)6-14-7)15-11(16)9-3-2-4-13-9/h5-6,9,13H,2-4H2,1H3,(H,15,16)/t9-/m0/s1. The molecule has 0 spiro atoms. The second kappa shape index (κ2) is 4.93. The predicted octanol–water partition coefficient (Wildman–Crippen LogP) is 1.84. The van der Waals surface area contributed by atoms with E-state index in [0.717, 1.165) is 35.2 Å². The number of amides is 1. The molecule has 1 fully saturated rings. The zero-order valence-corrected chi connectivity index (χ0v) is 10.7. The topological polar surface area (TPSA) is 54.0 Å². The van der Waals surface area contributed by atoms with E-state index in [4.69, 9.17) is 0 Å². The molecule has 2 N–H and O–H groups in total. The lowest BCUT2D eigenvalue weighted by atomic mass is 10.2. The highest BCUT2D eigenvalue weighted by Gasteiger charge is 2.22. The van der Waals surface area contributed by atoms with Crippen molar-refractivity contribution in [3.63, 3.8) is 0 Å². The first-order valence-electron chi connectivity index (χ1n) is 5.33. The molecule has 1 atom stereocenters. The van der Waals surface area contributed by atoms with Gasteiger partial charge in [0.1, 0.15) is 0 Å². The van der Waals surface area contributed by atoms with E-state index in [-0.39, 0.29) is 11.9 Å². The molecule has 4 nitrogen and oxygen atoms in total. The van der Waals surface area contributed by atoms with Gasteiger partial charge in [-0.2, -0.15) is 0 Å². The van der Waals surface area contributed by atoms with E-state index in [2.05, 4.69) is 31.5 Å². The summed E-state index contributed by atoms with van der Waals surface area (Å²) >= 11 is 3.34. The van der Waals surface area contributed by atoms with Gasteiger partial charge in [0.25, 0.3) is 0 Å². The van der Waals surface area contributed by atoms with Gasteiger partial charge in [0, 0.05) is 10.7 Å². The Morgan fingerprint density at radius 3 is 3.19 bits per heavy atom. The fraction of sp³-hybridized carbons (Fsp3) is 0.455. The van der Waals surface area contributed by atoms with Crippen LogP contribution in [0, 0.1) is 6.92 Å². The van der Waals surface area contributed by atoms with Gasteiger partial charge in [0.2, 0.25) is 5.91 Å². The maximum Gasteiger partial charge on any atom is 0.241 e. The van der Waals surface area contributed by atoms with Crippen molar-refractivity contribution in [2.24, 2.45) is 0 Å². The molecule has 2 heterocycles. The highest BCUT2D eigenvalue weighted by Crippen LogP contribution is 2.19. The Morgan fingerprint density at radius 2 is 2.50 bits per heavy atom. The Kier molecular flexibility index (Phi) is 3.56. The highest BCUT2D eigenvalue weighted by molar-refractivity contribution is 9.10. The normalized spacial score (nSPS) is 19.8. The average molecular weight is 284 g/mol. The third-order valence-electron chi connectivity index (χ3n) is 2.69. The van der Waals surface area contributed by atoms with Crippen molar-refractivity contribution in [1.82, 2.24) is 10.3 Å². The lowest BCUT2D eigenvalue weighted by molar-refractivity contribution is -0.117. The van der Waals surface area contributed by atoms with E-state index < -0.39 is 0 Å². The van der Waals surface area contributed by atoms with Crippen LogP contribution >= 0.6 is 15.9 Å². The van der Waals surface area contributed by atoms with Crippen LogP contribution < -0.4 is 10.6 Å². The monoisotopic (exact) mass is 283 g/mol. The number of aromatic nitrogens is 1. The number of halogens is 1. The van der Waals surface area contributed by atoms with Crippen LogP contribution in [0.5, 0.6) is 0 Å². The van der Waals surface area contributed by atoms with Crippen LogP contribution in [0.1, 0.15) is 18.5 Å². The minimum atomic E-state index is -0.0571. The summed E-state index contributed by atoms with van der Waals surface area (Å²) in [5, 5.41) is 6.07. The fourth-order valence-electron chi connectivity index (χ4n) is 1.76. The number of hydrogen-bond acceptors (Lipinski definition) is 3. The van der Waals surface area contributed by atoms with Crippen LogP contribution in [0.25, 0.3) is 0 Å². The molecule has 2 rings (SSSR count). The van der Waals surface area contributed by atoms with Crippen molar-refractivity contribution < 1.29 is 4.79 Å². The Labute approximate surface area is 103 Å². The van der Waals surface area contributed by atoms with Crippen LogP contribution in [0.4, 0.5) is 5.69 Å². The molecular formula is C11H14BrN3O. The fourth-order valence-corrected chi connectivity index (χ4v) is 2.09. The van der Waals surface area contributed by atoms with E-state index in [1.807, 2.05) is 13.0 Å². The molecule has 16 heavy (non-hydrogen) atoms. The first-order chi connectivity index (χ1) is 7.66. The number of carbonyl (C=O) groups is 1. The minimum absolute atomic E-state index is 0.0282. The van der Waals surface area contributed by atoms with Gasteiger partial charge in [-0.05, 0) is 48.3 Å². The van der Waals surface area contributed by atoms with Crippen molar-refractivity contribution in [1.29, 1.82) is 0 Å². The molecule has 0 radical (unpaired) electrons. The number of nitrogens with one attached hydrogen (secondary N) is 2. The molecule has 1 amide bonds. The summed E-state index contributed by atoms with van der Waals surface area (Å²) in [4.78, 5) is 16.0. The van der Waals surface area contributed by atoms with Gasteiger partial charge in [-0.1, -0.05) is 0 Å². The molecule has 1 aliphatic rings. The van der Waals surface area contributed by atoms with Crippen molar-refractivity contribution in [2.45, 2.75) is 25.8 Å². The Bertz CT molecular complexity index is 402. The summed E-state index contributed by atoms with van der Waals surface area (Å²) in [7, 11) is 0. The van der Waals surface area contributed by atoms with Gasteiger partial charge in [-0.25, -0.2) is 0 Å². The molecule has 86 valence electrons. The number of aryl methyl sites for hydroxylation is 1. The van der Waals surface area contributed by atoms with Gasteiger partial charge in [-0.3, -0.25) is 9.78 Å². The number of pyridine rings is 1. The largest absolute Gasteiger partial charge is 0.323 e. The predicted molar refractivity (Wildman–Crippen MR) is 66.3 cm³/mol. The average Bonchev–Trinajstić information content (AvgIpc) is 2.76. The maximum absolute atomic E-state index is 11.9. The third-order valence-corrected chi connectivity index (χ3v) is 3.12. The van der Waals surface area contributed by atoms with Crippen LogP contribution in [-0.2, 0) is 4.79 Å². The van der Waals surface area contributed by atoms with Crippen LogP contribution in [0.15, 0.2) is 16.7 Å². The van der Waals surface area contributed by atoms with Crippen LogP contribution in [-0.4, -0.2) is 23.5 Å². The zero-order valence-electron chi connectivity index (χ0n) is 9.09. The smallest absolute Gasteiger partial charge is 0.241 e. The second-order valence-electron chi connectivity index (χ2n) is 3.92. The molecule has 0 unspecified atom stereocenters. The summed E-state index contributed by atoms with van der Waals surface area (Å²) in [5.74, 6) is 0.0282. The van der Waals surface area contributed by atoms with Crippen molar-refractivity contribution >= 4 is 27.5 Å². The highest BCUT2D eigenvalue weighted by atomic mass is 79.9. The number of anilines is 1. The van der Waals surface area contributed by atoms with Crippen LogP contribution in [0.3, 0.4) is 0 Å². The molecule has 0 aromatic carbocycles. The van der Waals surface area contributed by atoms with Crippen LogP contribution in [0.2, 0.25) is 0 Å². The van der Waals surface area contributed by atoms with Gasteiger partial charge in [0.05, 0.1) is 17.4 Å². The summed E-state index contributed by atoms with van der Waals surface area (Å²) in [6.07, 6.45) is 3.69. The first-order valence-corrected chi connectivity index (χ1v) is 6.12.